The number of amides is 4. The quantitative estimate of drug-likeness (QED) is 0.541. The second-order valence-corrected chi connectivity index (χ2v) is 6.73. The molecule has 0 unspecified atom stereocenters. The zero-order chi connectivity index (χ0) is 20.0. The van der Waals surface area contributed by atoms with Gasteiger partial charge in [-0.15, -0.1) is 0 Å². The molecule has 1 aliphatic rings. The lowest BCUT2D eigenvalue weighted by Crippen LogP contribution is -2.37. The number of anilines is 1. The first kappa shape index (κ1) is 20.4. The van der Waals surface area contributed by atoms with Crippen LogP contribution in [0, 0.1) is 0 Å². The summed E-state index contributed by atoms with van der Waals surface area (Å²) in [7, 11) is 0. The summed E-state index contributed by atoms with van der Waals surface area (Å²) < 4.78 is 0. The highest BCUT2D eigenvalue weighted by Crippen LogP contribution is 2.17. The van der Waals surface area contributed by atoms with E-state index in [0.717, 1.165) is 22.7 Å². The van der Waals surface area contributed by atoms with E-state index in [4.69, 9.17) is 0 Å². The van der Waals surface area contributed by atoms with Crippen molar-refractivity contribution in [2.24, 2.45) is 0 Å². The number of imide groups is 1. The Kier molecular flexibility index (Phi) is 6.89. The number of ketones is 1. The van der Waals surface area contributed by atoms with Crippen molar-refractivity contribution < 1.29 is 24.0 Å². The van der Waals surface area contributed by atoms with Gasteiger partial charge in [-0.25, -0.2) is 0 Å². The van der Waals surface area contributed by atoms with Gasteiger partial charge in [0.25, 0.3) is 5.24 Å². The first-order chi connectivity index (χ1) is 12.8. The number of hydrogen-bond acceptors (Lipinski definition) is 6. The molecule has 1 aromatic carbocycles. The fourth-order valence-electron chi connectivity index (χ4n) is 2.25. The van der Waals surface area contributed by atoms with Crippen LogP contribution in [0.25, 0.3) is 0 Å². The van der Waals surface area contributed by atoms with E-state index < -0.39 is 11.8 Å². The minimum atomic E-state index is -0.487. The summed E-state index contributed by atoms with van der Waals surface area (Å²) >= 11 is 0.932. The molecule has 0 saturated carbocycles. The first-order valence-corrected chi connectivity index (χ1v) is 9.12. The normalized spacial score (nSPS) is 14.3. The molecule has 0 aromatic heterocycles. The van der Waals surface area contributed by atoms with Gasteiger partial charge >= 0.3 is 0 Å². The van der Waals surface area contributed by atoms with Gasteiger partial charge in [0.2, 0.25) is 17.7 Å². The van der Waals surface area contributed by atoms with Crippen molar-refractivity contribution in [2.75, 3.05) is 24.2 Å². The van der Waals surface area contributed by atoms with E-state index in [0.29, 0.717) is 11.3 Å². The Bertz CT molecular complexity index is 801. The molecule has 0 spiro atoms. The van der Waals surface area contributed by atoms with Crippen LogP contribution in [0.1, 0.15) is 24.2 Å². The Morgan fingerprint density at radius 3 is 2.37 bits per heavy atom. The Morgan fingerprint density at radius 2 is 1.81 bits per heavy atom. The van der Waals surface area contributed by atoms with Gasteiger partial charge in [0, 0.05) is 36.0 Å². The van der Waals surface area contributed by atoms with Gasteiger partial charge in [0.15, 0.2) is 5.78 Å². The third-order valence-corrected chi connectivity index (χ3v) is 4.58. The number of carbonyl (C=O) groups excluding carboxylic acids is 5. The maximum atomic E-state index is 12.0. The van der Waals surface area contributed by atoms with Gasteiger partial charge in [-0.3, -0.25) is 28.9 Å². The number of Topliss-reactive ketones (excluding diaryl/α,β-unsaturated/α-hetero) is 1. The third-order valence-electron chi connectivity index (χ3n) is 3.73. The van der Waals surface area contributed by atoms with Crippen LogP contribution in [-0.4, -0.2) is 52.5 Å². The standard InChI is InChI=1S/C18H19N3O5S/c1-11(17(25)19-7-8-21-16(24)10-27-18(21)26)9-15(23)20-14-5-3-13(4-6-14)12(2)22/h3-6,9H,7-8,10H2,1-2H3,(H,19,25)(H,20,23)/b11-9+. The summed E-state index contributed by atoms with van der Waals surface area (Å²) in [4.78, 5) is 59.2. The van der Waals surface area contributed by atoms with Crippen LogP contribution in [0.15, 0.2) is 35.9 Å². The molecule has 1 aliphatic heterocycles. The van der Waals surface area contributed by atoms with E-state index >= 15 is 0 Å². The van der Waals surface area contributed by atoms with E-state index in [1.807, 2.05) is 0 Å². The smallest absolute Gasteiger partial charge is 0.288 e. The highest BCUT2D eigenvalue weighted by Gasteiger charge is 2.29. The predicted octanol–water partition coefficient (Wildman–Crippen LogP) is 1.59. The maximum absolute atomic E-state index is 12.0. The summed E-state index contributed by atoms with van der Waals surface area (Å²) in [5.41, 5.74) is 1.21. The number of hydrogen-bond donors (Lipinski definition) is 2. The van der Waals surface area contributed by atoms with Crippen molar-refractivity contribution in [3.63, 3.8) is 0 Å². The zero-order valence-corrected chi connectivity index (χ0v) is 15.7. The molecule has 8 nitrogen and oxygen atoms in total. The molecule has 1 saturated heterocycles. The minimum absolute atomic E-state index is 0.0730. The van der Waals surface area contributed by atoms with Crippen LogP contribution in [0.4, 0.5) is 10.5 Å². The largest absolute Gasteiger partial charge is 0.351 e. The highest BCUT2D eigenvalue weighted by atomic mass is 32.2. The van der Waals surface area contributed by atoms with Crippen molar-refractivity contribution in [1.82, 2.24) is 10.2 Å². The fraction of sp³-hybridized carbons (Fsp3) is 0.278. The Hall–Kier alpha value is -2.94. The van der Waals surface area contributed by atoms with Crippen molar-refractivity contribution in [1.29, 1.82) is 0 Å². The van der Waals surface area contributed by atoms with Crippen LogP contribution < -0.4 is 10.6 Å². The molecule has 9 heteroatoms. The number of rotatable bonds is 7. The fourth-order valence-corrected chi connectivity index (χ4v) is 3.00. The van der Waals surface area contributed by atoms with Gasteiger partial charge in [0.05, 0.1) is 5.75 Å². The second kappa shape index (κ2) is 9.13. The van der Waals surface area contributed by atoms with Crippen molar-refractivity contribution in [2.45, 2.75) is 13.8 Å². The average molecular weight is 389 g/mol. The molecule has 2 N–H and O–H groups in total. The molecule has 1 aromatic rings. The molecule has 1 fully saturated rings. The number of benzene rings is 1. The molecule has 4 amide bonds. The van der Waals surface area contributed by atoms with E-state index in [9.17, 15) is 24.0 Å². The lowest BCUT2D eigenvalue weighted by molar-refractivity contribution is -0.125. The topological polar surface area (TPSA) is 113 Å². The summed E-state index contributed by atoms with van der Waals surface area (Å²) in [6, 6.07) is 6.39. The van der Waals surface area contributed by atoms with Crippen LogP contribution in [0.5, 0.6) is 0 Å². The zero-order valence-electron chi connectivity index (χ0n) is 14.9. The number of nitrogens with zero attached hydrogens (tertiary/aromatic N) is 1. The summed E-state index contributed by atoms with van der Waals surface area (Å²) in [5, 5.41) is 4.84. The van der Waals surface area contributed by atoms with Gasteiger partial charge in [-0.2, -0.15) is 0 Å². The Balaban J connectivity index is 1.83. The summed E-state index contributed by atoms with van der Waals surface area (Å²) in [6.45, 7) is 3.14. The summed E-state index contributed by atoms with van der Waals surface area (Å²) in [5.74, 6) is -1.18. The number of nitrogens with one attached hydrogen (secondary N) is 2. The molecule has 2 rings (SSSR count). The van der Waals surface area contributed by atoms with Gasteiger partial charge in [-0.1, -0.05) is 11.8 Å². The highest BCUT2D eigenvalue weighted by molar-refractivity contribution is 8.14. The van der Waals surface area contributed by atoms with Gasteiger partial charge < -0.3 is 10.6 Å². The maximum Gasteiger partial charge on any atom is 0.288 e. The minimum Gasteiger partial charge on any atom is -0.351 e. The molecule has 0 atom stereocenters. The molecule has 27 heavy (non-hydrogen) atoms. The number of carbonyl (C=O) groups is 5. The summed E-state index contributed by atoms with van der Waals surface area (Å²) in [6.07, 6.45) is 1.15. The van der Waals surface area contributed by atoms with Crippen molar-refractivity contribution >= 4 is 46.2 Å². The first-order valence-electron chi connectivity index (χ1n) is 8.13. The molecule has 0 bridgehead atoms. The molecule has 142 valence electrons. The van der Waals surface area contributed by atoms with E-state index in [1.165, 1.54) is 13.8 Å². The molecular formula is C18H19N3O5S. The van der Waals surface area contributed by atoms with Crippen molar-refractivity contribution in [3.8, 4) is 0 Å². The van der Waals surface area contributed by atoms with Crippen LogP contribution in [0.3, 0.4) is 0 Å². The monoisotopic (exact) mass is 389 g/mol. The second-order valence-electron chi connectivity index (χ2n) is 5.81. The van der Waals surface area contributed by atoms with E-state index in [2.05, 4.69) is 10.6 Å². The molecule has 1 heterocycles. The van der Waals surface area contributed by atoms with E-state index in [1.54, 1.807) is 24.3 Å². The van der Waals surface area contributed by atoms with Crippen LogP contribution in [-0.2, 0) is 14.4 Å². The Morgan fingerprint density at radius 1 is 1.15 bits per heavy atom. The predicted molar refractivity (Wildman–Crippen MR) is 101 cm³/mol. The SMILES string of the molecule is CC(=O)c1ccc(NC(=O)/C=C(\C)C(=O)NCCN2C(=O)CSC2=O)cc1. The van der Waals surface area contributed by atoms with Crippen LogP contribution in [0.2, 0.25) is 0 Å². The van der Waals surface area contributed by atoms with Crippen molar-refractivity contribution in [3.05, 3.63) is 41.5 Å². The third kappa shape index (κ3) is 5.78. The Labute approximate surface area is 160 Å². The van der Waals surface area contributed by atoms with E-state index in [-0.39, 0.29) is 41.3 Å². The molecular weight excluding hydrogens is 370 g/mol. The molecule has 0 radical (unpaired) electrons. The average Bonchev–Trinajstić information content (AvgIpc) is 2.93. The lowest BCUT2D eigenvalue weighted by Gasteiger charge is -2.13. The van der Waals surface area contributed by atoms with Gasteiger partial charge in [-0.05, 0) is 38.1 Å². The van der Waals surface area contributed by atoms with Crippen LogP contribution >= 0.6 is 11.8 Å². The molecule has 0 aliphatic carbocycles. The number of thioether (sulfide) groups is 1. The van der Waals surface area contributed by atoms with Gasteiger partial charge in [0.1, 0.15) is 0 Å². The lowest BCUT2D eigenvalue weighted by atomic mass is 10.1.